The molecule has 1 saturated heterocycles. The Kier molecular flexibility index (Phi) is 4.45. The van der Waals surface area contributed by atoms with Gasteiger partial charge < -0.3 is 15.2 Å². The first kappa shape index (κ1) is 13.6. The largest absolute Gasteiger partial charge is 0.502 e. The van der Waals surface area contributed by atoms with Crippen LogP contribution in [-0.4, -0.2) is 25.3 Å². The molecule has 0 aliphatic carbocycles. The van der Waals surface area contributed by atoms with Gasteiger partial charge in [0.25, 0.3) is 0 Å². The predicted molar refractivity (Wildman–Crippen MR) is 71.6 cm³/mol. The molecule has 0 bridgehead atoms. The first-order chi connectivity index (χ1) is 8.63. The first-order valence-corrected chi connectivity index (χ1v) is 6.87. The van der Waals surface area contributed by atoms with E-state index in [2.05, 4.69) is 21.2 Å². The zero-order valence-corrected chi connectivity index (χ0v) is 11.9. The van der Waals surface area contributed by atoms with Gasteiger partial charge in [0.1, 0.15) is 0 Å². The van der Waals surface area contributed by atoms with Gasteiger partial charge in [-0.15, -0.1) is 0 Å². The van der Waals surface area contributed by atoms with Crippen molar-refractivity contribution in [3.8, 4) is 11.5 Å². The number of hydrogen-bond acceptors (Lipinski definition) is 3. The molecule has 18 heavy (non-hydrogen) atoms. The second-order valence-corrected chi connectivity index (χ2v) is 5.47. The predicted octanol–water partition coefficient (Wildman–Crippen LogP) is 2.84. The fourth-order valence-electron chi connectivity index (χ4n) is 2.36. The van der Waals surface area contributed by atoms with Crippen molar-refractivity contribution in [2.45, 2.75) is 19.3 Å². The van der Waals surface area contributed by atoms with Gasteiger partial charge in [-0.2, -0.15) is 0 Å². The Labute approximate surface area is 114 Å². The van der Waals surface area contributed by atoms with Crippen LogP contribution in [0.2, 0.25) is 0 Å². The third-order valence-corrected chi connectivity index (χ3v) is 4.07. The Morgan fingerprint density at radius 1 is 1.61 bits per heavy atom. The van der Waals surface area contributed by atoms with Crippen LogP contribution < -0.4 is 10.1 Å². The van der Waals surface area contributed by atoms with Crippen molar-refractivity contribution in [1.29, 1.82) is 0 Å². The molecule has 5 heteroatoms. The van der Waals surface area contributed by atoms with Gasteiger partial charge in [-0.1, -0.05) is 15.9 Å². The van der Waals surface area contributed by atoms with Crippen LogP contribution in [0.4, 0.5) is 4.39 Å². The molecular weight excluding hydrogens is 301 g/mol. The molecule has 0 spiro atoms. The molecule has 1 fully saturated rings. The maximum Gasteiger partial charge on any atom is 0.194 e. The zero-order chi connectivity index (χ0) is 13.1. The number of rotatable bonds is 3. The van der Waals surface area contributed by atoms with Crippen LogP contribution in [0.25, 0.3) is 0 Å². The summed E-state index contributed by atoms with van der Waals surface area (Å²) in [6, 6.07) is 1.62. The summed E-state index contributed by atoms with van der Waals surface area (Å²) >= 11 is 3.35. The van der Waals surface area contributed by atoms with Crippen molar-refractivity contribution < 1.29 is 14.2 Å². The molecule has 1 unspecified atom stereocenters. The smallest absolute Gasteiger partial charge is 0.194 e. The molecule has 1 aromatic carbocycles. The maximum atomic E-state index is 14.1. The number of benzene rings is 1. The Morgan fingerprint density at radius 2 is 2.39 bits per heavy atom. The summed E-state index contributed by atoms with van der Waals surface area (Å²) in [5.74, 6) is -0.409. The molecule has 2 rings (SSSR count). The Bertz CT molecular complexity index is 433. The number of phenols is 1. The molecule has 0 saturated carbocycles. The third kappa shape index (κ3) is 2.78. The lowest BCUT2D eigenvalue weighted by Gasteiger charge is -2.23. The summed E-state index contributed by atoms with van der Waals surface area (Å²) < 4.78 is 19.7. The number of aromatic hydroxyl groups is 1. The lowest BCUT2D eigenvalue weighted by Crippen LogP contribution is -2.31. The molecule has 2 N–H and O–H groups in total. The summed E-state index contributed by atoms with van der Waals surface area (Å²) in [6.07, 6.45) is 2.83. The van der Waals surface area contributed by atoms with E-state index in [4.69, 9.17) is 4.74 Å². The van der Waals surface area contributed by atoms with Gasteiger partial charge in [0.2, 0.25) is 0 Å². The topological polar surface area (TPSA) is 41.5 Å². The number of nitrogens with one attached hydrogen (secondary N) is 1. The van der Waals surface area contributed by atoms with Crippen LogP contribution in [0.1, 0.15) is 18.4 Å². The second-order valence-electron chi connectivity index (χ2n) is 4.62. The van der Waals surface area contributed by atoms with Gasteiger partial charge in [-0.25, -0.2) is 4.39 Å². The minimum atomic E-state index is -0.577. The van der Waals surface area contributed by atoms with Gasteiger partial charge >= 0.3 is 0 Å². The first-order valence-electron chi connectivity index (χ1n) is 6.08. The highest BCUT2D eigenvalue weighted by Crippen LogP contribution is 2.37. The molecule has 100 valence electrons. The fourth-order valence-corrected chi connectivity index (χ4v) is 2.90. The minimum absolute atomic E-state index is 0.157. The van der Waals surface area contributed by atoms with Gasteiger partial charge in [0.15, 0.2) is 17.3 Å². The van der Waals surface area contributed by atoms with E-state index in [1.165, 1.54) is 7.11 Å². The molecule has 0 aromatic heterocycles. The van der Waals surface area contributed by atoms with Gasteiger partial charge in [0, 0.05) is 10.0 Å². The number of ether oxygens (including phenoxy) is 1. The van der Waals surface area contributed by atoms with Crippen LogP contribution >= 0.6 is 15.9 Å². The lowest BCUT2D eigenvalue weighted by molar-refractivity contribution is 0.346. The average molecular weight is 318 g/mol. The average Bonchev–Trinajstić information content (AvgIpc) is 2.40. The molecule has 1 heterocycles. The normalized spacial score (nSPS) is 19.8. The molecule has 0 radical (unpaired) electrons. The van der Waals surface area contributed by atoms with Gasteiger partial charge in [0.05, 0.1) is 7.11 Å². The molecule has 1 aromatic rings. The maximum absolute atomic E-state index is 14.1. The van der Waals surface area contributed by atoms with Gasteiger partial charge in [-0.3, -0.25) is 0 Å². The van der Waals surface area contributed by atoms with Crippen molar-refractivity contribution in [2.75, 3.05) is 20.2 Å². The van der Waals surface area contributed by atoms with Crippen LogP contribution in [-0.2, 0) is 6.42 Å². The van der Waals surface area contributed by atoms with Crippen LogP contribution in [0.15, 0.2) is 10.5 Å². The van der Waals surface area contributed by atoms with E-state index in [-0.39, 0.29) is 5.75 Å². The van der Waals surface area contributed by atoms with Crippen LogP contribution in [0, 0.1) is 11.7 Å². The van der Waals surface area contributed by atoms with E-state index in [1.807, 2.05) is 0 Å². The molecular formula is C13H17BrFNO2. The monoisotopic (exact) mass is 317 g/mol. The third-order valence-electron chi connectivity index (χ3n) is 3.36. The zero-order valence-electron chi connectivity index (χ0n) is 10.3. The highest BCUT2D eigenvalue weighted by molar-refractivity contribution is 9.10. The van der Waals surface area contributed by atoms with Crippen LogP contribution in [0.5, 0.6) is 11.5 Å². The SMILES string of the molecule is COc1cc(Br)c(CC2CCCNC2)c(F)c1O. The van der Waals surface area contributed by atoms with Crippen LogP contribution in [0.3, 0.4) is 0 Å². The van der Waals surface area contributed by atoms with Crippen molar-refractivity contribution in [3.63, 3.8) is 0 Å². The molecule has 0 amide bonds. The van der Waals surface area contributed by atoms with E-state index >= 15 is 0 Å². The van der Waals surface area contributed by atoms with E-state index < -0.39 is 11.6 Å². The van der Waals surface area contributed by atoms with E-state index in [9.17, 15) is 9.50 Å². The molecule has 1 aliphatic heterocycles. The van der Waals surface area contributed by atoms with Crippen molar-refractivity contribution in [1.82, 2.24) is 5.32 Å². The summed E-state index contributed by atoms with van der Waals surface area (Å²) in [5.41, 5.74) is 0.530. The number of piperidine rings is 1. The van der Waals surface area contributed by atoms with Crippen molar-refractivity contribution in [3.05, 3.63) is 21.9 Å². The summed E-state index contributed by atoms with van der Waals surface area (Å²) in [5, 5.41) is 13.0. The number of halogens is 2. The van der Waals surface area contributed by atoms with Crippen molar-refractivity contribution in [2.24, 2.45) is 5.92 Å². The Morgan fingerprint density at radius 3 is 3.00 bits per heavy atom. The molecule has 3 nitrogen and oxygen atoms in total. The Balaban J connectivity index is 2.24. The summed E-state index contributed by atoms with van der Waals surface area (Å²) in [6.45, 7) is 1.94. The Hall–Kier alpha value is -0.810. The highest BCUT2D eigenvalue weighted by atomic mass is 79.9. The number of methoxy groups -OCH3 is 1. The standard InChI is InChI=1S/C13H17BrFNO2/c1-18-11-6-10(14)9(12(15)13(11)17)5-8-3-2-4-16-7-8/h6,8,16-17H,2-5,7H2,1H3. The highest BCUT2D eigenvalue weighted by Gasteiger charge is 2.21. The number of phenolic OH excluding ortho intramolecular Hbond substituents is 1. The minimum Gasteiger partial charge on any atom is -0.502 e. The van der Waals surface area contributed by atoms with E-state index in [1.54, 1.807) is 6.07 Å². The lowest BCUT2D eigenvalue weighted by atomic mass is 9.92. The summed E-state index contributed by atoms with van der Waals surface area (Å²) in [7, 11) is 1.41. The molecule has 1 atom stereocenters. The second kappa shape index (κ2) is 5.89. The van der Waals surface area contributed by atoms with Crippen molar-refractivity contribution >= 4 is 15.9 Å². The summed E-state index contributed by atoms with van der Waals surface area (Å²) in [4.78, 5) is 0. The molecule has 1 aliphatic rings. The van der Waals surface area contributed by atoms with E-state index in [0.717, 1.165) is 25.9 Å². The van der Waals surface area contributed by atoms with Gasteiger partial charge in [-0.05, 0) is 44.3 Å². The quantitative estimate of drug-likeness (QED) is 0.900. The number of hydrogen-bond donors (Lipinski definition) is 2. The fraction of sp³-hybridized carbons (Fsp3) is 0.538. The van der Waals surface area contributed by atoms with E-state index in [0.29, 0.717) is 22.4 Å².